The number of anilines is 1. The minimum absolute atomic E-state index is 0.000575. The van der Waals surface area contributed by atoms with Gasteiger partial charge in [-0.1, -0.05) is 6.92 Å². The molecule has 3 N–H and O–H groups in total. The largest absolute Gasteiger partial charge is 0.463 e. The lowest BCUT2D eigenvalue weighted by atomic mass is 10.3. The highest BCUT2D eigenvalue weighted by molar-refractivity contribution is 5.25. The van der Waals surface area contributed by atoms with Crippen LogP contribution in [0.2, 0.25) is 0 Å². The van der Waals surface area contributed by atoms with Crippen LogP contribution in [0.15, 0.2) is 0 Å². The molecule has 0 amide bonds. The molecule has 0 aliphatic carbocycles. The Labute approximate surface area is 113 Å². The van der Waals surface area contributed by atoms with Crippen molar-refractivity contribution >= 4 is 5.95 Å². The van der Waals surface area contributed by atoms with Crippen molar-refractivity contribution in [2.75, 3.05) is 18.6 Å². The summed E-state index contributed by atoms with van der Waals surface area (Å²) in [6, 6.07) is -0.137. The van der Waals surface area contributed by atoms with Crippen LogP contribution in [0, 0.1) is 0 Å². The van der Waals surface area contributed by atoms with Crippen molar-refractivity contribution in [2.45, 2.75) is 32.4 Å². The zero-order chi connectivity index (χ0) is 15.0. The predicted octanol–water partition coefficient (Wildman–Crippen LogP) is 1.67. The van der Waals surface area contributed by atoms with Crippen molar-refractivity contribution in [3.63, 3.8) is 0 Å². The van der Waals surface area contributed by atoms with Crippen molar-refractivity contribution < 1.29 is 22.6 Å². The maximum absolute atomic E-state index is 12.0. The third-order valence-electron chi connectivity index (χ3n) is 1.99. The molecule has 0 fully saturated rings. The predicted molar refractivity (Wildman–Crippen MR) is 64.2 cm³/mol. The van der Waals surface area contributed by atoms with Crippen LogP contribution < -0.4 is 20.7 Å². The normalized spacial score (nSPS) is 11.2. The van der Waals surface area contributed by atoms with Crippen LogP contribution in [0.1, 0.15) is 26.2 Å². The van der Waals surface area contributed by atoms with Crippen LogP contribution in [0.4, 0.5) is 19.1 Å². The molecule has 0 atom stereocenters. The first-order valence-electron chi connectivity index (χ1n) is 5.99. The van der Waals surface area contributed by atoms with E-state index in [1.54, 1.807) is 0 Å². The zero-order valence-electron chi connectivity index (χ0n) is 10.9. The number of nitrogen functional groups attached to an aromatic ring is 1. The maximum Gasteiger partial charge on any atom is 0.389 e. The summed E-state index contributed by atoms with van der Waals surface area (Å²) in [6.07, 6.45) is -4.58. The zero-order valence-corrected chi connectivity index (χ0v) is 10.9. The Balaban J connectivity index is 2.55. The summed E-state index contributed by atoms with van der Waals surface area (Å²) in [6.45, 7) is 2.13. The number of alkyl halides is 3. The lowest BCUT2D eigenvalue weighted by Crippen LogP contribution is -2.14. The molecule has 0 saturated carbocycles. The first kappa shape index (κ1) is 16.2. The maximum atomic E-state index is 12.0. The SMILES string of the molecule is CCCOc1nc(NN)nc(OCCCC(F)(F)F)n1. The van der Waals surface area contributed by atoms with Crippen LogP contribution in [0.25, 0.3) is 0 Å². The second-order valence-corrected chi connectivity index (χ2v) is 3.78. The molecule has 20 heavy (non-hydrogen) atoms. The molecule has 0 unspecified atom stereocenters. The third kappa shape index (κ3) is 6.36. The summed E-state index contributed by atoms with van der Waals surface area (Å²) < 4.78 is 46.1. The lowest BCUT2D eigenvalue weighted by Gasteiger charge is -2.09. The third-order valence-corrected chi connectivity index (χ3v) is 1.99. The fraction of sp³-hybridized carbons (Fsp3) is 0.700. The second kappa shape index (κ2) is 7.68. The van der Waals surface area contributed by atoms with Crippen LogP contribution in [0.5, 0.6) is 12.0 Å². The van der Waals surface area contributed by atoms with E-state index in [1.165, 1.54) is 0 Å². The van der Waals surface area contributed by atoms with E-state index in [9.17, 15) is 13.2 Å². The first-order valence-corrected chi connectivity index (χ1v) is 5.99. The van der Waals surface area contributed by atoms with Gasteiger partial charge in [-0.15, -0.1) is 4.98 Å². The Kier molecular flexibility index (Phi) is 6.22. The van der Waals surface area contributed by atoms with Gasteiger partial charge in [-0.05, 0) is 12.8 Å². The summed E-state index contributed by atoms with van der Waals surface area (Å²) in [5.41, 5.74) is 2.20. The fourth-order valence-electron chi connectivity index (χ4n) is 1.16. The molecule has 0 saturated heterocycles. The van der Waals surface area contributed by atoms with Gasteiger partial charge in [-0.2, -0.15) is 23.1 Å². The van der Waals surface area contributed by atoms with Gasteiger partial charge in [0.05, 0.1) is 13.2 Å². The molecule has 0 radical (unpaired) electrons. The van der Waals surface area contributed by atoms with Gasteiger partial charge in [0.25, 0.3) is 0 Å². The molecule has 0 spiro atoms. The summed E-state index contributed by atoms with van der Waals surface area (Å²) in [7, 11) is 0. The van der Waals surface area contributed by atoms with Crippen molar-refractivity contribution in [2.24, 2.45) is 5.84 Å². The van der Waals surface area contributed by atoms with Crippen molar-refractivity contribution in [3.8, 4) is 12.0 Å². The lowest BCUT2D eigenvalue weighted by molar-refractivity contribution is -0.136. The van der Waals surface area contributed by atoms with Crippen molar-refractivity contribution in [1.82, 2.24) is 15.0 Å². The van der Waals surface area contributed by atoms with Gasteiger partial charge in [0.2, 0.25) is 5.95 Å². The molecule has 0 aliphatic heterocycles. The quantitative estimate of drug-likeness (QED) is 0.428. The highest BCUT2D eigenvalue weighted by Crippen LogP contribution is 2.21. The smallest absolute Gasteiger partial charge is 0.389 e. The minimum Gasteiger partial charge on any atom is -0.463 e. The number of nitrogens with zero attached hydrogens (tertiary/aromatic N) is 3. The fourth-order valence-corrected chi connectivity index (χ4v) is 1.16. The minimum atomic E-state index is -4.21. The molecular formula is C10H16F3N5O2. The number of ether oxygens (including phenoxy) is 2. The van der Waals surface area contributed by atoms with Gasteiger partial charge < -0.3 is 9.47 Å². The highest BCUT2D eigenvalue weighted by Gasteiger charge is 2.26. The number of hydrazine groups is 1. The summed E-state index contributed by atoms with van der Waals surface area (Å²) in [4.78, 5) is 11.4. The van der Waals surface area contributed by atoms with Gasteiger partial charge in [-0.25, -0.2) is 5.84 Å². The number of nitrogens with two attached hydrogens (primary N) is 1. The monoisotopic (exact) mass is 295 g/mol. The molecule has 1 heterocycles. The molecule has 1 aromatic rings. The Morgan fingerprint density at radius 3 is 2.20 bits per heavy atom. The van der Waals surface area contributed by atoms with E-state index in [1.807, 2.05) is 6.92 Å². The first-order chi connectivity index (χ1) is 9.44. The molecular weight excluding hydrogens is 279 g/mol. The van der Waals surface area contributed by atoms with Gasteiger partial charge >= 0.3 is 18.2 Å². The molecule has 7 nitrogen and oxygen atoms in total. The average Bonchev–Trinajstić information content (AvgIpc) is 2.40. The van der Waals surface area contributed by atoms with E-state index in [2.05, 4.69) is 20.4 Å². The van der Waals surface area contributed by atoms with Crippen LogP contribution in [-0.4, -0.2) is 34.3 Å². The Hall–Kier alpha value is -1.84. The molecule has 1 aromatic heterocycles. The van der Waals surface area contributed by atoms with Crippen molar-refractivity contribution in [1.29, 1.82) is 0 Å². The summed E-state index contributed by atoms with van der Waals surface area (Å²) >= 11 is 0. The van der Waals surface area contributed by atoms with E-state index < -0.39 is 12.6 Å². The molecule has 0 aliphatic rings. The number of halogens is 3. The van der Waals surface area contributed by atoms with Gasteiger partial charge in [0.1, 0.15) is 0 Å². The number of aromatic nitrogens is 3. The molecule has 0 bridgehead atoms. The summed E-state index contributed by atoms with van der Waals surface area (Å²) in [5.74, 6) is 5.18. The number of rotatable bonds is 8. The summed E-state index contributed by atoms with van der Waals surface area (Å²) in [5, 5.41) is 0. The van der Waals surface area contributed by atoms with Crippen LogP contribution in [-0.2, 0) is 0 Å². The topological polar surface area (TPSA) is 95.2 Å². The van der Waals surface area contributed by atoms with Crippen LogP contribution in [0.3, 0.4) is 0 Å². The van der Waals surface area contributed by atoms with Gasteiger partial charge in [0.15, 0.2) is 0 Å². The second-order valence-electron chi connectivity index (χ2n) is 3.78. The number of nitrogens with one attached hydrogen (secondary N) is 1. The van der Waals surface area contributed by atoms with Crippen LogP contribution >= 0.6 is 0 Å². The van der Waals surface area contributed by atoms with Gasteiger partial charge in [0, 0.05) is 6.42 Å². The molecule has 114 valence electrons. The molecule has 0 aromatic carbocycles. The number of hydrogen-bond acceptors (Lipinski definition) is 7. The van der Waals surface area contributed by atoms with E-state index >= 15 is 0 Å². The molecule has 10 heteroatoms. The van der Waals surface area contributed by atoms with Crippen molar-refractivity contribution in [3.05, 3.63) is 0 Å². The van der Waals surface area contributed by atoms with E-state index in [-0.39, 0.29) is 31.0 Å². The molecule has 1 rings (SSSR count). The Morgan fingerprint density at radius 2 is 1.70 bits per heavy atom. The van der Waals surface area contributed by atoms with E-state index in [0.29, 0.717) is 6.61 Å². The standard InChI is InChI=1S/C10H16F3N5O2/c1-2-5-19-8-15-7(18-14)16-9(17-8)20-6-3-4-10(11,12)13/h2-6,14H2,1H3,(H,15,16,17,18). The average molecular weight is 295 g/mol. The van der Waals surface area contributed by atoms with Gasteiger partial charge in [-0.3, -0.25) is 5.43 Å². The number of hydrogen-bond donors (Lipinski definition) is 2. The Bertz CT molecular complexity index is 416. The highest BCUT2D eigenvalue weighted by atomic mass is 19.4. The van der Waals surface area contributed by atoms with E-state index in [0.717, 1.165) is 6.42 Å². The van der Waals surface area contributed by atoms with E-state index in [4.69, 9.17) is 15.3 Å². The Morgan fingerprint density at radius 1 is 1.10 bits per heavy atom.